The standard InChI is InChI=1S/C22H28N2O14/c25-15-1-2-16(26)23(15)37-21(31)7-5-19(29)35-13-11-33-9-10-34-12-14-36-20(30)6-8-22(32)38-24-17(27)3-4-18(24)28/h1-14H2. The summed E-state index contributed by atoms with van der Waals surface area (Å²) in [4.78, 5) is 101. The van der Waals surface area contributed by atoms with Crippen LogP contribution in [0.1, 0.15) is 51.4 Å². The second-order valence-electron chi connectivity index (χ2n) is 7.76. The van der Waals surface area contributed by atoms with E-state index in [1.54, 1.807) is 0 Å². The van der Waals surface area contributed by atoms with E-state index in [1.807, 2.05) is 0 Å². The third-order valence-corrected chi connectivity index (χ3v) is 4.82. The van der Waals surface area contributed by atoms with E-state index in [4.69, 9.17) is 18.9 Å². The number of carbonyl (C=O) groups excluding carboxylic acids is 8. The number of imide groups is 2. The molecule has 0 aliphatic carbocycles. The maximum absolute atomic E-state index is 11.6. The van der Waals surface area contributed by atoms with Crippen LogP contribution in [-0.4, -0.2) is 97.3 Å². The van der Waals surface area contributed by atoms with Gasteiger partial charge in [0, 0.05) is 25.7 Å². The lowest BCUT2D eigenvalue weighted by Crippen LogP contribution is -2.32. The molecule has 0 spiro atoms. The summed E-state index contributed by atoms with van der Waals surface area (Å²) in [6, 6.07) is 0. The fourth-order valence-corrected chi connectivity index (χ4v) is 2.91. The van der Waals surface area contributed by atoms with E-state index >= 15 is 0 Å². The number of hydrogen-bond acceptors (Lipinski definition) is 14. The van der Waals surface area contributed by atoms with E-state index in [0.717, 1.165) is 0 Å². The van der Waals surface area contributed by atoms with Crippen LogP contribution in [-0.2, 0) is 67.0 Å². The first-order valence-corrected chi connectivity index (χ1v) is 11.8. The highest BCUT2D eigenvalue weighted by Crippen LogP contribution is 2.14. The second-order valence-corrected chi connectivity index (χ2v) is 7.76. The van der Waals surface area contributed by atoms with Gasteiger partial charge in [-0.1, -0.05) is 0 Å². The molecule has 0 radical (unpaired) electrons. The van der Waals surface area contributed by atoms with Gasteiger partial charge >= 0.3 is 23.9 Å². The third-order valence-electron chi connectivity index (χ3n) is 4.82. The largest absolute Gasteiger partial charge is 0.463 e. The van der Waals surface area contributed by atoms with Crippen molar-refractivity contribution >= 4 is 47.5 Å². The molecule has 2 rings (SSSR count). The molecule has 38 heavy (non-hydrogen) atoms. The molecule has 2 aliphatic rings. The topological polar surface area (TPSA) is 198 Å². The van der Waals surface area contributed by atoms with Gasteiger partial charge in [-0.05, 0) is 0 Å². The number of ether oxygens (including phenoxy) is 4. The fraction of sp³-hybridized carbons (Fsp3) is 0.636. The van der Waals surface area contributed by atoms with Gasteiger partial charge in [0.1, 0.15) is 13.2 Å². The fourth-order valence-electron chi connectivity index (χ4n) is 2.91. The van der Waals surface area contributed by atoms with E-state index in [0.29, 0.717) is 10.1 Å². The van der Waals surface area contributed by atoms with Crippen LogP contribution in [0.25, 0.3) is 0 Å². The molecule has 2 saturated heterocycles. The van der Waals surface area contributed by atoms with Gasteiger partial charge in [0.25, 0.3) is 23.6 Å². The van der Waals surface area contributed by atoms with Crippen LogP contribution in [0.5, 0.6) is 0 Å². The van der Waals surface area contributed by atoms with Gasteiger partial charge in [-0.25, -0.2) is 9.59 Å². The van der Waals surface area contributed by atoms with E-state index in [9.17, 15) is 38.4 Å². The van der Waals surface area contributed by atoms with Crippen LogP contribution < -0.4 is 0 Å². The molecule has 0 atom stereocenters. The number of hydroxylamine groups is 4. The van der Waals surface area contributed by atoms with Crippen LogP contribution in [0, 0.1) is 0 Å². The summed E-state index contributed by atoms with van der Waals surface area (Å²) in [6.45, 7) is 0.311. The van der Waals surface area contributed by atoms with Crippen LogP contribution in [0.3, 0.4) is 0 Å². The summed E-state index contributed by atoms with van der Waals surface area (Å²) < 4.78 is 20.1. The van der Waals surface area contributed by atoms with Crippen molar-refractivity contribution in [3.63, 3.8) is 0 Å². The van der Waals surface area contributed by atoms with Gasteiger partial charge in [-0.3, -0.25) is 28.8 Å². The average Bonchev–Trinajstić information content (AvgIpc) is 3.37. The maximum atomic E-state index is 11.6. The molecule has 0 aromatic rings. The van der Waals surface area contributed by atoms with Gasteiger partial charge in [0.05, 0.1) is 52.1 Å². The van der Waals surface area contributed by atoms with E-state index < -0.39 is 47.5 Å². The summed E-state index contributed by atoms with van der Waals surface area (Å²) >= 11 is 0. The normalized spacial score (nSPS) is 15.2. The molecule has 2 aliphatic heterocycles. The van der Waals surface area contributed by atoms with Gasteiger partial charge in [-0.15, -0.1) is 10.1 Å². The van der Waals surface area contributed by atoms with Crippen molar-refractivity contribution in [3.05, 3.63) is 0 Å². The second kappa shape index (κ2) is 16.0. The summed E-state index contributed by atoms with van der Waals surface area (Å²) in [7, 11) is 0. The molecule has 0 saturated carbocycles. The monoisotopic (exact) mass is 544 g/mol. The molecular weight excluding hydrogens is 516 g/mol. The van der Waals surface area contributed by atoms with E-state index in [-0.39, 0.29) is 91.0 Å². The predicted octanol–water partition coefficient (Wildman–Crippen LogP) is -1.12. The number of nitrogens with zero attached hydrogens (tertiary/aromatic N) is 2. The molecule has 0 N–H and O–H groups in total. The average molecular weight is 544 g/mol. The molecule has 0 unspecified atom stereocenters. The van der Waals surface area contributed by atoms with Crippen molar-refractivity contribution in [2.24, 2.45) is 0 Å². The summed E-state index contributed by atoms with van der Waals surface area (Å²) in [5, 5.41) is 0.802. The first-order chi connectivity index (χ1) is 18.2. The Hall–Kier alpha value is -3.92. The van der Waals surface area contributed by atoms with E-state index in [1.165, 1.54) is 0 Å². The first kappa shape index (κ1) is 30.3. The maximum Gasteiger partial charge on any atom is 0.333 e. The molecule has 0 bridgehead atoms. The van der Waals surface area contributed by atoms with Crippen molar-refractivity contribution in [1.82, 2.24) is 10.1 Å². The molecule has 2 fully saturated rings. The Labute approximate surface area is 216 Å². The lowest BCUT2D eigenvalue weighted by Gasteiger charge is -2.12. The highest BCUT2D eigenvalue weighted by molar-refractivity contribution is 6.02. The van der Waals surface area contributed by atoms with Gasteiger partial charge in [-0.2, -0.15) is 0 Å². The minimum absolute atomic E-state index is 0.0256. The minimum Gasteiger partial charge on any atom is -0.463 e. The van der Waals surface area contributed by atoms with Gasteiger partial charge < -0.3 is 28.6 Å². The zero-order valence-corrected chi connectivity index (χ0v) is 20.5. The van der Waals surface area contributed by atoms with Gasteiger partial charge in [0.15, 0.2) is 0 Å². The van der Waals surface area contributed by atoms with Gasteiger partial charge in [0.2, 0.25) is 0 Å². The number of rotatable bonds is 17. The predicted molar refractivity (Wildman–Crippen MR) is 116 cm³/mol. The Bertz CT molecular complexity index is 827. The Morgan fingerprint density at radius 2 is 0.763 bits per heavy atom. The molecule has 0 aromatic heterocycles. The zero-order valence-electron chi connectivity index (χ0n) is 20.5. The Balaban J connectivity index is 1.37. The summed E-state index contributed by atoms with van der Waals surface area (Å²) in [5.41, 5.74) is 0. The summed E-state index contributed by atoms with van der Waals surface area (Å²) in [6.07, 6.45) is -1.42. The molecule has 4 amide bonds. The lowest BCUT2D eigenvalue weighted by molar-refractivity contribution is -0.197. The SMILES string of the molecule is O=C(CCC(=O)ON1C(=O)CCC1=O)OCCOCCOCCOC(=O)CCC(=O)ON1C(=O)CCC1=O. The molecule has 16 heteroatoms. The third kappa shape index (κ3) is 11.0. The van der Waals surface area contributed by atoms with Crippen molar-refractivity contribution in [3.8, 4) is 0 Å². The number of esters is 2. The molecule has 2 heterocycles. The molecule has 210 valence electrons. The highest BCUT2D eigenvalue weighted by atomic mass is 16.7. The van der Waals surface area contributed by atoms with Crippen molar-refractivity contribution < 1.29 is 67.0 Å². The lowest BCUT2D eigenvalue weighted by atomic mass is 10.3. The number of carbonyl (C=O) groups is 8. The van der Waals surface area contributed by atoms with Crippen LogP contribution >= 0.6 is 0 Å². The Kier molecular flexibility index (Phi) is 12.8. The van der Waals surface area contributed by atoms with Crippen LogP contribution in [0.15, 0.2) is 0 Å². The smallest absolute Gasteiger partial charge is 0.333 e. The zero-order chi connectivity index (χ0) is 27.9. The Morgan fingerprint density at radius 3 is 1.11 bits per heavy atom. The highest BCUT2D eigenvalue weighted by Gasteiger charge is 2.33. The number of amides is 4. The molecule has 16 nitrogen and oxygen atoms in total. The summed E-state index contributed by atoms with van der Waals surface area (Å²) in [5.74, 6) is -5.62. The molecular formula is C22H28N2O14. The minimum atomic E-state index is -0.903. The first-order valence-electron chi connectivity index (χ1n) is 11.8. The van der Waals surface area contributed by atoms with Crippen molar-refractivity contribution in [2.45, 2.75) is 51.4 Å². The Morgan fingerprint density at radius 1 is 0.474 bits per heavy atom. The number of hydrogen-bond donors (Lipinski definition) is 0. The van der Waals surface area contributed by atoms with E-state index in [2.05, 4.69) is 9.68 Å². The van der Waals surface area contributed by atoms with Crippen LogP contribution in [0.4, 0.5) is 0 Å². The quantitative estimate of drug-likeness (QED) is 0.121. The molecule has 0 aromatic carbocycles. The van der Waals surface area contributed by atoms with Crippen molar-refractivity contribution in [1.29, 1.82) is 0 Å². The van der Waals surface area contributed by atoms with Crippen LogP contribution in [0.2, 0.25) is 0 Å². The van der Waals surface area contributed by atoms with Crippen molar-refractivity contribution in [2.75, 3.05) is 39.6 Å².